The Morgan fingerprint density at radius 3 is 2.45 bits per heavy atom. The second-order valence-electron chi connectivity index (χ2n) is 7.61. The molecule has 1 saturated heterocycles. The van der Waals surface area contributed by atoms with Gasteiger partial charge in [0.05, 0.1) is 4.90 Å². The lowest BCUT2D eigenvalue weighted by Gasteiger charge is -2.34. The first-order valence-corrected chi connectivity index (χ1v) is 13.7. The fourth-order valence-corrected chi connectivity index (χ4v) is 7.47. The summed E-state index contributed by atoms with van der Waals surface area (Å²) in [6, 6.07) is 10.1. The maximum Gasteiger partial charge on any atom is 0.252 e. The number of piperidine rings is 1. The number of hydrogen-bond acceptors (Lipinski definition) is 5. The molecular weight excluding hydrogens is 428 g/mol. The van der Waals surface area contributed by atoms with Crippen molar-refractivity contribution < 1.29 is 16.8 Å². The van der Waals surface area contributed by atoms with E-state index >= 15 is 0 Å². The van der Waals surface area contributed by atoms with E-state index in [2.05, 4.69) is 18.6 Å². The van der Waals surface area contributed by atoms with Crippen molar-refractivity contribution in [3.05, 3.63) is 47.3 Å². The summed E-state index contributed by atoms with van der Waals surface area (Å²) in [6.07, 6.45) is 2.98. The van der Waals surface area contributed by atoms with Crippen LogP contribution in [-0.4, -0.2) is 40.3 Å². The molecule has 0 radical (unpaired) electrons. The van der Waals surface area contributed by atoms with Crippen molar-refractivity contribution >= 4 is 31.4 Å². The van der Waals surface area contributed by atoms with Crippen molar-refractivity contribution in [3.63, 3.8) is 0 Å². The van der Waals surface area contributed by atoms with E-state index in [1.165, 1.54) is 11.3 Å². The highest BCUT2D eigenvalue weighted by molar-refractivity contribution is 7.91. The van der Waals surface area contributed by atoms with Crippen molar-refractivity contribution in [1.82, 2.24) is 9.03 Å². The topological polar surface area (TPSA) is 83.6 Å². The first-order valence-electron chi connectivity index (χ1n) is 9.87. The molecule has 0 bridgehead atoms. The van der Waals surface area contributed by atoms with Gasteiger partial charge in [-0.1, -0.05) is 38.5 Å². The second kappa shape index (κ2) is 9.26. The highest BCUT2D eigenvalue weighted by atomic mass is 32.2. The van der Waals surface area contributed by atoms with Crippen LogP contribution in [0.4, 0.5) is 0 Å². The molecule has 0 saturated carbocycles. The molecule has 0 aliphatic carbocycles. The Morgan fingerprint density at radius 1 is 1.10 bits per heavy atom. The summed E-state index contributed by atoms with van der Waals surface area (Å²) >= 11 is 1.21. The van der Waals surface area contributed by atoms with Gasteiger partial charge >= 0.3 is 0 Å². The Balaban J connectivity index is 1.65. The predicted molar refractivity (Wildman–Crippen MR) is 116 cm³/mol. The lowest BCUT2D eigenvalue weighted by Crippen LogP contribution is -2.44. The molecule has 160 valence electrons. The van der Waals surface area contributed by atoms with Crippen molar-refractivity contribution in [2.24, 2.45) is 0 Å². The van der Waals surface area contributed by atoms with Gasteiger partial charge in [0.2, 0.25) is 10.0 Å². The van der Waals surface area contributed by atoms with E-state index < -0.39 is 20.0 Å². The van der Waals surface area contributed by atoms with Gasteiger partial charge in [0, 0.05) is 19.1 Å². The zero-order valence-corrected chi connectivity index (χ0v) is 19.2. The van der Waals surface area contributed by atoms with Gasteiger partial charge in [-0.3, -0.25) is 0 Å². The summed E-state index contributed by atoms with van der Waals surface area (Å²) < 4.78 is 55.5. The van der Waals surface area contributed by atoms with Crippen molar-refractivity contribution in [1.29, 1.82) is 0 Å². The highest BCUT2D eigenvalue weighted by Crippen LogP contribution is 2.29. The second-order valence-corrected chi connectivity index (χ2v) is 12.4. The van der Waals surface area contributed by atoms with Gasteiger partial charge in [0.25, 0.3) is 10.0 Å². The predicted octanol–water partition coefficient (Wildman–Crippen LogP) is 3.78. The number of rotatable bonds is 8. The number of hydrogen-bond donors (Lipinski definition) is 1. The standard InChI is InChI=1S/C20H28N2O4S3/c1-16(2)17-8-10-19(11-9-17)28(23,24)21-13-12-18-6-3-4-14-22(18)29(25,26)20-7-5-15-27-20/h5,7-11,15-16,18,21H,3-4,6,12-14H2,1-2H3. The smallest absolute Gasteiger partial charge is 0.211 e. The van der Waals surface area contributed by atoms with Crippen LogP contribution >= 0.6 is 11.3 Å². The first-order chi connectivity index (χ1) is 13.7. The van der Waals surface area contributed by atoms with Gasteiger partial charge in [-0.05, 0) is 54.3 Å². The van der Waals surface area contributed by atoms with Crippen LogP contribution in [0.15, 0.2) is 50.9 Å². The molecule has 29 heavy (non-hydrogen) atoms. The number of nitrogens with zero attached hydrogens (tertiary/aromatic N) is 1. The minimum atomic E-state index is -3.62. The average Bonchev–Trinajstić information content (AvgIpc) is 3.24. The summed E-state index contributed by atoms with van der Waals surface area (Å²) in [4.78, 5) is 0.230. The van der Waals surface area contributed by atoms with Crippen molar-refractivity contribution in [3.8, 4) is 0 Å². The van der Waals surface area contributed by atoms with E-state index in [4.69, 9.17) is 0 Å². The first kappa shape index (κ1) is 22.4. The van der Waals surface area contributed by atoms with Crippen molar-refractivity contribution in [2.45, 2.75) is 60.6 Å². The minimum Gasteiger partial charge on any atom is -0.211 e. The van der Waals surface area contributed by atoms with E-state index in [9.17, 15) is 16.8 Å². The largest absolute Gasteiger partial charge is 0.252 e. The summed E-state index contributed by atoms with van der Waals surface area (Å²) in [5, 5.41) is 1.75. The Hall–Kier alpha value is -1.26. The van der Waals surface area contributed by atoms with Crippen LogP contribution < -0.4 is 4.72 Å². The fourth-order valence-electron chi connectivity index (χ4n) is 3.58. The van der Waals surface area contributed by atoms with E-state index in [0.29, 0.717) is 23.1 Å². The summed E-state index contributed by atoms with van der Waals surface area (Å²) in [5.74, 6) is 0.335. The fraction of sp³-hybridized carbons (Fsp3) is 0.500. The minimum absolute atomic E-state index is 0.193. The van der Waals surface area contributed by atoms with Gasteiger partial charge in [-0.15, -0.1) is 11.3 Å². The molecule has 1 atom stereocenters. The van der Waals surface area contributed by atoms with Crippen LogP contribution in [0.5, 0.6) is 0 Å². The van der Waals surface area contributed by atoms with Crippen LogP contribution in [0.1, 0.15) is 51.0 Å². The summed E-state index contributed by atoms with van der Waals surface area (Å²) in [6.45, 7) is 4.80. The van der Waals surface area contributed by atoms with Crippen molar-refractivity contribution in [2.75, 3.05) is 13.1 Å². The number of thiophene rings is 1. The zero-order valence-electron chi connectivity index (χ0n) is 16.7. The monoisotopic (exact) mass is 456 g/mol. The van der Waals surface area contributed by atoms with Gasteiger partial charge in [0.1, 0.15) is 4.21 Å². The third-order valence-corrected chi connectivity index (χ3v) is 10.1. The Kier molecular flexibility index (Phi) is 7.16. The molecule has 1 fully saturated rings. The maximum absolute atomic E-state index is 12.9. The summed E-state index contributed by atoms with van der Waals surface area (Å²) in [7, 11) is -7.14. The van der Waals surface area contributed by atoms with E-state index in [0.717, 1.165) is 24.8 Å². The molecule has 6 nitrogen and oxygen atoms in total. The Labute approximate surface area is 178 Å². The number of benzene rings is 1. The van der Waals surface area contributed by atoms with Gasteiger partial charge in [-0.25, -0.2) is 21.6 Å². The molecular formula is C20H28N2O4S3. The van der Waals surface area contributed by atoms with Crippen LogP contribution in [0, 0.1) is 0 Å². The SMILES string of the molecule is CC(C)c1ccc(S(=O)(=O)NCCC2CCCCN2S(=O)(=O)c2cccs2)cc1. The molecule has 1 aliphatic rings. The number of nitrogens with one attached hydrogen (secondary N) is 1. The van der Waals surface area contributed by atoms with Gasteiger partial charge in [0.15, 0.2) is 0 Å². The third kappa shape index (κ3) is 5.27. The quantitative estimate of drug-likeness (QED) is 0.655. The molecule has 1 aliphatic heterocycles. The summed E-state index contributed by atoms with van der Waals surface area (Å²) in [5.41, 5.74) is 1.08. The molecule has 3 rings (SSSR count). The van der Waals surface area contributed by atoms with E-state index in [1.54, 1.807) is 34.0 Å². The molecule has 9 heteroatoms. The van der Waals surface area contributed by atoms with E-state index in [-0.39, 0.29) is 17.5 Å². The lowest BCUT2D eigenvalue weighted by molar-refractivity contribution is 0.242. The highest BCUT2D eigenvalue weighted by Gasteiger charge is 2.34. The molecule has 1 aromatic heterocycles. The van der Waals surface area contributed by atoms with Crippen LogP contribution in [0.2, 0.25) is 0 Å². The Bertz CT molecular complexity index is 999. The molecule has 1 unspecified atom stereocenters. The van der Waals surface area contributed by atoms with Crippen LogP contribution in [0.3, 0.4) is 0 Å². The molecule has 0 spiro atoms. The normalized spacial score (nSPS) is 18.9. The third-order valence-electron chi connectivity index (χ3n) is 5.26. The zero-order chi connectivity index (χ0) is 21.1. The van der Waals surface area contributed by atoms with E-state index in [1.807, 2.05) is 12.1 Å². The Morgan fingerprint density at radius 2 is 1.83 bits per heavy atom. The number of sulfonamides is 2. The molecule has 2 aromatic rings. The van der Waals surface area contributed by atoms with Crippen LogP contribution in [0.25, 0.3) is 0 Å². The lowest BCUT2D eigenvalue weighted by atomic mass is 10.0. The molecule has 1 aromatic carbocycles. The average molecular weight is 457 g/mol. The van der Waals surface area contributed by atoms with Crippen LogP contribution in [-0.2, 0) is 20.0 Å². The maximum atomic E-state index is 12.9. The molecule has 1 N–H and O–H groups in total. The molecule has 2 heterocycles. The van der Waals surface area contributed by atoms with Gasteiger partial charge in [-0.2, -0.15) is 4.31 Å². The molecule has 0 amide bonds. The van der Waals surface area contributed by atoms with Gasteiger partial charge < -0.3 is 0 Å².